The summed E-state index contributed by atoms with van der Waals surface area (Å²) in [7, 11) is 3.26. The number of aliphatic carboxylic acids is 1. The first-order chi connectivity index (χ1) is 9.14. The average molecular weight is 264 g/mol. The van der Waals surface area contributed by atoms with Crippen molar-refractivity contribution >= 4 is 5.97 Å². The molecule has 1 N–H and O–H groups in total. The molecule has 4 heteroatoms. The number of rotatable bonds is 6. The summed E-state index contributed by atoms with van der Waals surface area (Å²) in [5, 5.41) is 9.47. The van der Waals surface area contributed by atoms with E-state index in [1.165, 1.54) is 0 Å². The van der Waals surface area contributed by atoms with Crippen LogP contribution in [-0.4, -0.2) is 31.9 Å². The number of carbonyl (C=O) groups is 1. The van der Waals surface area contributed by atoms with Crippen LogP contribution in [0.5, 0.6) is 0 Å². The van der Waals surface area contributed by atoms with Gasteiger partial charge in [0.15, 0.2) is 0 Å². The van der Waals surface area contributed by atoms with Crippen molar-refractivity contribution in [3.05, 3.63) is 35.4 Å². The highest BCUT2D eigenvalue weighted by molar-refractivity contribution is 5.82. The zero-order valence-corrected chi connectivity index (χ0v) is 11.4. The van der Waals surface area contributed by atoms with Crippen molar-refractivity contribution in [3.63, 3.8) is 0 Å². The van der Waals surface area contributed by atoms with E-state index in [9.17, 15) is 9.90 Å². The minimum Gasteiger partial charge on any atom is -0.481 e. The van der Waals surface area contributed by atoms with E-state index in [4.69, 9.17) is 9.47 Å². The first-order valence-electron chi connectivity index (χ1n) is 6.49. The third-order valence-corrected chi connectivity index (χ3v) is 4.03. The third-order valence-electron chi connectivity index (χ3n) is 4.03. The van der Waals surface area contributed by atoms with Gasteiger partial charge in [0.05, 0.1) is 12.0 Å². The molecular formula is C15H20O4. The van der Waals surface area contributed by atoms with Crippen LogP contribution < -0.4 is 0 Å². The molecule has 1 aromatic carbocycles. The molecular weight excluding hydrogens is 244 g/mol. The topological polar surface area (TPSA) is 55.8 Å². The molecule has 104 valence electrons. The van der Waals surface area contributed by atoms with Gasteiger partial charge < -0.3 is 14.6 Å². The Hall–Kier alpha value is -1.39. The van der Waals surface area contributed by atoms with Crippen molar-refractivity contribution in [3.8, 4) is 0 Å². The van der Waals surface area contributed by atoms with E-state index in [-0.39, 0.29) is 6.10 Å². The molecule has 0 aromatic heterocycles. The average Bonchev–Trinajstić information content (AvgIpc) is 2.34. The number of hydrogen-bond donors (Lipinski definition) is 1. The van der Waals surface area contributed by atoms with Crippen LogP contribution in [0.3, 0.4) is 0 Å². The maximum Gasteiger partial charge on any atom is 0.314 e. The van der Waals surface area contributed by atoms with E-state index in [1.807, 2.05) is 24.3 Å². The summed E-state index contributed by atoms with van der Waals surface area (Å²) in [6.45, 7) is 0.458. The summed E-state index contributed by atoms with van der Waals surface area (Å²) in [6.07, 6.45) is 2.25. The highest BCUT2D eigenvalue weighted by atomic mass is 16.5. The molecule has 4 nitrogen and oxygen atoms in total. The number of methoxy groups -OCH3 is 2. The number of ether oxygens (including phenoxy) is 2. The molecule has 1 aromatic rings. The lowest BCUT2D eigenvalue weighted by molar-refractivity contribution is -0.147. The molecule has 1 saturated carbocycles. The zero-order chi connectivity index (χ0) is 13.9. The summed E-state index contributed by atoms with van der Waals surface area (Å²) in [4.78, 5) is 11.5. The predicted octanol–water partition coefficient (Wildman–Crippen LogP) is 2.53. The third kappa shape index (κ3) is 2.51. The van der Waals surface area contributed by atoms with Gasteiger partial charge in [-0.05, 0) is 24.0 Å². The second-order valence-corrected chi connectivity index (χ2v) is 5.05. The van der Waals surface area contributed by atoms with Crippen LogP contribution in [0.4, 0.5) is 0 Å². The Morgan fingerprint density at radius 1 is 1.42 bits per heavy atom. The fourth-order valence-electron chi connectivity index (χ4n) is 2.64. The Bertz CT molecular complexity index is 451. The summed E-state index contributed by atoms with van der Waals surface area (Å²) in [5.41, 5.74) is 1.15. The Labute approximate surface area is 113 Å². The van der Waals surface area contributed by atoms with Crippen molar-refractivity contribution in [1.29, 1.82) is 0 Å². The van der Waals surface area contributed by atoms with Gasteiger partial charge in [0.2, 0.25) is 0 Å². The van der Waals surface area contributed by atoms with Crippen LogP contribution in [-0.2, 0) is 19.7 Å². The second-order valence-electron chi connectivity index (χ2n) is 5.05. The molecule has 19 heavy (non-hydrogen) atoms. The van der Waals surface area contributed by atoms with Crippen LogP contribution in [0.15, 0.2) is 24.3 Å². The van der Waals surface area contributed by atoms with Crippen LogP contribution in [0.1, 0.15) is 36.5 Å². The van der Waals surface area contributed by atoms with E-state index >= 15 is 0 Å². The summed E-state index contributed by atoms with van der Waals surface area (Å²) < 4.78 is 10.5. The highest BCUT2D eigenvalue weighted by Gasteiger charge is 2.46. The molecule has 1 aliphatic rings. The fourth-order valence-corrected chi connectivity index (χ4v) is 2.64. The molecule has 2 rings (SSSR count). The van der Waals surface area contributed by atoms with E-state index in [0.717, 1.165) is 17.5 Å². The van der Waals surface area contributed by atoms with Crippen molar-refractivity contribution < 1.29 is 19.4 Å². The van der Waals surface area contributed by atoms with Gasteiger partial charge in [-0.15, -0.1) is 0 Å². The number of benzene rings is 1. The van der Waals surface area contributed by atoms with Crippen LogP contribution in [0, 0.1) is 0 Å². The molecule has 0 aliphatic heterocycles. The Kier molecular flexibility index (Phi) is 4.22. The second kappa shape index (κ2) is 5.72. The molecule has 1 fully saturated rings. The normalized spacial score (nSPS) is 18.6. The standard InChI is InChI=1S/C15H20O4/c1-18-10-13(19-2)11-5-3-6-12(9-11)15(14(16)17)7-4-8-15/h3,5-6,9,13H,4,7-8,10H2,1-2H3,(H,16,17). The monoisotopic (exact) mass is 264 g/mol. The van der Waals surface area contributed by atoms with Gasteiger partial charge in [-0.25, -0.2) is 0 Å². The van der Waals surface area contributed by atoms with Gasteiger partial charge in [-0.1, -0.05) is 30.7 Å². The molecule has 1 aliphatic carbocycles. The zero-order valence-electron chi connectivity index (χ0n) is 11.4. The van der Waals surface area contributed by atoms with Crippen LogP contribution in [0.2, 0.25) is 0 Å². The molecule has 1 atom stereocenters. The van der Waals surface area contributed by atoms with E-state index in [2.05, 4.69) is 0 Å². The summed E-state index contributed by atoms with van der Waals surface area (Å²) in [5.74, 6) is -0.725. The highest BCUT2D eigenvalue weighted by Crippen LogP contribution is 2.44. The first kappa shape index (κ1) is 14.0. The quantitative estimate of drug-likeness (QED) is 0.857. The molecule has 0 heterocycles. The van der Waals surface area contributed by atoms with E-state index < -0.39 is 11.4 Å². The smallest absolute Gasteiger partial charge is 0.314 e. The largest absolute Gasteiger partial charge is 0.481 e. The van der Waals surface area contributed by atoms with Crippen molar-refractivity contribution in [2.75, 3.05) is 20.8 Å². The number of carboxylic acids is 1. The van der Waals surface area contributed by atoms with Crippen molar-refractivity contribution in [1.82, 2.24) is 0 Å². The molecule has 0 spiro atoms. The lowest BCUT2D eigenvalue weighted by atomic mass is 9.64. The van der Waals surface area contributed by atoms with Gasteiger partial charge in [0.25, 0.3) is 0 Å². The van der Waals surface area contributed by atoms with Gasteiger partial charge in [-0.3, -0.25) is 4.79 Å². The Morgan fingerprint density at radius 2 is 2.16 bits per heavy atom. The van der Waals surface area contributed by atoms with Crippen LogP contribution in [0.25, 0.3) is 0 Å². The molecule has 0 radical (unpaired) electrons. The fraction of sp³-hybridized carbons (Fsp3) is 0.533. The predicted molar refractivity (Wildman–Crippen MR) is 71.2 cm³/mol. The van der Waals surface area contributed by atoms with Crippen molar-refractivity contribution in [2.45, 2.75) is 30.8 Å². The molecule has 0 bridgehead atoms. The lowest BCUT2D eigenvalue weighted by Crippen LogP contribution is -2.42. The van der Waals surface area contributed by atoms with Crippen LogP contribution >= 0.6 is 0 Å². The van der Waals surface area contributed by atoms with Gasteiger partial charge in [0, 0.05) is 14.2 Å². The van der Waals surface area contributed by atoms with Gasteiger partial charge >= 0.3 is 5.97 Å². The maximum absolute atomic E-state index is 11.5. The van der Waals surface area contributed by atoms with E-state index in [1.54, 1.807) is 14.2 Å². The summed E-state index contributed by atoms with van der Waals surface area (Å²) >= 11 is 0. The Balaban J connectivity index is 2.31. The van der Waals surface area contributed by atoms with Gasteiger partial charge in [0.1, 0.15) is 6.10 Å². The summed E-state index contributed by atoms with van der Waals surface area (Å²) in [6, 6.07) is 7.69. The molecule has 0 saturated heterocycles. The maximum atomic E-state index is 11.5. The number of carboxylic acid groups (broad SMARTS) is 1. The van der Waals surface area contributed by atoms with Crippen molar-refractivity contribution in [2.24, 2.45) is 0 Å². The lowest BCUT2D eigenvalue weighted by Gasteiger charge is -2.38. The van der Waals surface area contributed by atoms with Gasteiger partial charge in [-0.2, -0.15) is 0 Å². The molecule has 1 unspecified atom stereocenters. The minimum atomic E-state index is -0.725. The first-order valence-corrected chi connectivity index (χ1v) is 6.49. The number of hydrogen-bond acceptors (Lipinski definition) is 3. The minimum absolute atomic E-state index is 0.157. The Morgan fingerprint density at radius 3 is 2.63 bits per heavy atom. The SMILES string of the molecule is COCC(OC)c1cccc(C2(C(=O)O)CCC2)c1. The molecule has 0 amide bonds. The van der Waals surface area contributed by atoms with E-state index in [0.29, 0.717) is 19.4 Å².